The van der Waals surface area contributed by atoms with E-state index in [9.17, 15) is 4.39 Å². The average Bonchev–Trinajstić information content (AvgIpc) is 2.99. The van der Waals surface area contributed by atoms with Crippen molar-refractivity contribution in [3.8, 4) is 17.2 Å². The van der Waals surface area contributed by atoms with Crippen LogP contribution in [0.4, 0.5) is 4.39 Å². The topological polar surface area (TPSA) is 36.9 Å². The second kappa shape index (κ2) is 10.2. The maximum atomic E-state index is 12.9. The van der Waals surface area contributed by atoms with Crippen LogP contribution in [0.1, 0.15) is 18.9 Å². The van der Waals surface area contributed by atoms with Crippen LogP contribution in [0, 0.1) is 18.3 Å². The Balaban J connectivity index is 0.00000225. The van der Waals surface area contributed by atoms with E-state index in [1.165, 1.54) is 12.1 Å². The van der Waals surface area contributed by atoms with E-state index < -0.39 is 0 Å². The number of hydrogen-bond donors (Lipinski definition) is 0. The minimum Gasteiger partial charge on any atom is -0.520 e. The largest absolute Gasteiger partial charge is 1.00 e. The molecule has 1 unspecified atom stereocenters. The molecule has 0 amide bonds. The Morgan fingerprint density at radius 1 is 1.12 bits per heavy atom. The first-order valence-electron chi connectivity index (χ1n) is 7.84. The van der Waals surface area contributed by atoms with Crippen molar-refractivity contribution < 1.29 is 92.2 Å². The fourth-order valence-corrected chi connectivity index (χ4v) is 2.43. The number of rotatable bonds is 6. The van der Waals surface area contributed by atoms with Gasteiger partial charge in [0, 0.05) is 18.2 Å². The third-order valence-electron chi connectivity index (χ3n) is 3.70. The summed E-state index contributed by atoms with van der Waals surface area (Å²) in [5, 5.41) is 0. The van der Waals surface area contributed by atoms with Gasteiger partial charge in [-0.25, -0.2) is 11.0 Å². The molecule has 25 heavy (non-hydrogen) atoms. The first-order chi connectivity index (χ1) is 11.6. The molecule has 2 aromatic rings. The van der Waals surface area contributed by atoms with Gasteiger partial charge in [0.05, 0.1) is 7.11 Å². The van der Waals surface area contributed by atoms with Crippen LogP contribution in [0.5, 0.6) is 17.2 Å². The third-order valence-corrected chi connectivity index (χ3v) is 3.70. The first kappa shape index (κ1) is 21.1. The molecular formula is C19H20CsFO4. The molecule has 3 rings (SSSR count). The predicted molar refractivity (Wildman–Crippen MR) is 87.3 cm³/mol. The predicted octanol–water partition coefficient (Wildman–Crippen LogP) is 1.34. The van der Waals surface area contributed by atoms with Gasteiger partial charge in [-0.2, -0.15) is 0 Å². The molecule has 1 aliphatic heterocycles. The molecule has 128 valence electrons. The van der Waals surface area contributed by atoms with E-state index in [0.29, 0.717) is 29.8 Å². The normalized spacial score (nSPS) is 19.2. The van der Waals surface area contributed by atoms with Crippen LogP contribution < -0.4 is 83.1 Å². The van der Waals surface area contributed by atoms with Crippen molar-refractivity contribution in [3.63, 3.8) is 0 Å². The second-order valence-corrected chi connectivity index (χ2v) is 5.79. The fraction of sp³-hybridized carbons (Fsp3) is 0.316. The molecule has 0 saturated carbocycles. The smallest absolute Gasteiger partial charge is 0.520 e. The summed E-state index contributed by atoms with van der Waals surface area (Å²) in [7, 11) is 1.59. The van der Waals surface area contributed by atoms with E-state index in [4.69, 9.17) is 18.9 Å². The Morgan fingerprint density at radius 3 is 2.44 bits per heavy atom. The van der Waals surface area contributed by atoms with Gasteiger partial charge in [0.15, 0.2) is 6.29 Å². The first-order valence-corrected chi connectivity index (χ1v) is 7.84. The number of hydrogen-bond acceptors (Lipinski definition) is 4. The summed E-state index contributed by atoms with van der Waals surface area (Å²) in [5.74, 6) is 1.98. The van der Waals surface area contributed by atoms with Crippen molar-refractivity contribution in [2.45, 2.75) is 26.2 Å². The molecule has 1 fully saturated rings. The van der Waals surface area contributed by atoms with Gasteiger partial charge in [-0.15, -0.1) is 5.92 Å². The Bertz CT molecular complexity index is 678. The zero-order valence-corrected chi connectivity index (χ0v) is 21.0. The summed E-state index contributed by atoms with van der Waals surface area (Å²) in [6, 6.07) is 11.6. The van der Waals surface area contributed by atoms with Crippen LogP contribution in [0.15, 0.2) is 42.5 Å². The van der Waals surface area contributed by atoms with Crippen molar-refractivity contribution in [2.24, 2.45) is 5.92 Å². The standard InChI is InChI=1S/C19H20FO4.Cs/c1-13-7-19(23-11-13)24-18-9-16(21-2)8-17(10-18)22-12-14-3-5-15(20)6-4-14;/h3-6,8-11,13,19H,7,12H2,1-2H3;/q-1;+1/t13-,19?;/m1./s1. The third kappa shape index (κ3) is 6.46. The molecule has 1 saturated heterocycles. The van der Waals surface area contributed by atoms with E-state index >= 15 is 0 Å². The molecule has 0 bridgehead atoms. The van der Waals surface area contributed by atoms with Gasteiger partial charge in [-0.05, 0) is 24.1 Å². The van der Waals surface area contributed by atoms with Crippen LogP contribution in [0.3, 0.4) is 0 Å². The van der Waals surface area contributed by atoms with Gasteiger partial charge in [-0.3, -0.25) is 0 Å². The van der Waals surface area contributed by atoms with Gasteiger partial charge in [-0.1, -0.05) is 19.1 Å². The number of halogens is 1. The molecule has 2 aromatic carbocycles. The Morgan fingerprint density at radius 2 is 1.80 bits per heavy atom. The zero-order valence-electron chi connectivity index (χ0n) is 14.7. The maximum absolute atomic E-state index is 12.9. The summed E-state index contributed by atoms with van der Waals surface area (Å²) in [5.41, 5.74) is 0.879. The van der Waals surface area contributed by atoms with Gasteiger partial charge in [0.2, 0.25) is 0 Å². The maximum Gasteiger partial charge on any atom is 1.00 e. The fourth-order valence-electron chi connectivity index (χ4n) is 2.43. The Kier molecular flexibility index (Phi) is 8.61. The average molecular weight is 464 g/mol. The van der Waals surface area contributed by atoms with E-state index in [-0.39, 0.29) is 81.0 Å². The molecular weight excluding hydrogens is 444 g/mol. The van der Waals surface area contributed by atoms with Crippen LogP contribution in [0.25, 0.3) is 0 Å². The minimum absolute atomic E-state index is 0. The summed E-state index contributed by atoms with van der Waals surface area (Å²) < 4.78 is 35.3. The summed E-state index contributed by atoms with van der Waals surface area (Å²) in [6.07, 6.45) is 0.514. The van der Waals surface area contributed by atoms with Crippen LogP contribution >= 0.6 is 0 Å². The molecule has 1 heterocycles. The van der Waals surface area contributed by atoms with Crippen molar-refractivity contribution in [2.75, 3.05) is 7.11 Å². The second-order valence-electron chi connectivity index (χ2n) is 5.79. The number of benzene rings is 2. The van der Waals surface area contributed by atoms with Crippen molar-refractivity contribution in [1.29, 1.82) is 0 Å². The van der Waals surface area contributed by atoms with Crippen LogP contribution in [0.2, 0.25) is 0 Å². The number of ether oxygens (including phenoxy) is 4. The molecule has 0 aromatic heterocycles. The van der Waals surface area contributed by atoms with Gasteiger partial charge in [0.25, 0.3) is 0 Å². The summed E-state index contributed by atoms with van der Waals surface area (Å²) in [4.78, 5) is 0. The monoisotopic (exact) mass is 464 g/mol. The van der Waals surface area contributed by atoms with Crippen molar-refractivity contribution >= 4 is 0 Å². The molecule has 0 N–H and O–H groups in total. The molecule has 0 radical (unpaired) electrons. The van der Waals surface area contributed by atoms with Gasteiger partial charge in [0.1, 0.15) is 29.7 Å². The molecule has 4 nitrogen and oxygen atoms in total. The molecule has 6 heteroatoms. The Labute approximate surface area is 206 Å². The van der Waals surface area contributed by atoms with E-state index in [0.717, 1.165) is 12.0 Å². The van der Waals surface area contributed by atoms with E-state index in [2.05, 4.69) is 6.92 Å². The zero-order chi connectivity index (χ0) is 16.9. The van der Waals surface area contributed by atoms with Gasteiger partial charge >= 0.3 is 68.9 Å². The van der Waals surface area contributed by atoms with Crippen LogP contribution in [-0.2, 0) is 11.3 Å². The molecule has 0 spiro atoms. The van der Waals surface area contributed by atoms with Gasteiger partial charge < -0.3 is 18.9 Å². The quantitative estimate of drug-likeness (QED) is 0.606. The Hall–Kier alpha value is -0.218. The minimum atomic E-state index is -0.294. The van der Waals surface area contributed by atoms with Crippen molar-refractivity contribution in [3.05, 3.63) is 60.5 Å². The SMILES string of the molecule is COc1cc(OCc2ccc(F)cc2)cc(OC2C[C@@H](C)[CH-]O2)c1.[Cs+]. The molecule has 0 aliphatic carbocycles. The molecule has 1 aliphatic rings. The van der Waals surface area contributed by atoms with E-state index in [1.54, 1.807) is 44.0 Å². The van der Waals surface area contributed by atoms with Crippen LogP contribution in [-0.4, -0.2) is 13.4 Å². The van der Waals surface area contributed by atoms with Crippen molar-refractivity contribution in [1.82, 2.24) is 0 Å². The summed E-state index contributed by atoms with van der Waals surface area (Å²) in [6.45, 7) is 4.20. The molecule has 2 atom stereocenters. The number of methoxy groups -OCH3 is 1. The van der Waals surface area contributed by atoms with E-state index in [1.807, 2.05) is 0 Å². The summed E-state index contributed by atoms with van der Waals surface area (Å²) >= 11 is 0.